The summed E-state index contributed by atoms with van der Waals surface area (Å²) in [6.45, 7) is 6.59. The van der Waals surface area contributed by atoms with Crippen LogP contribution in [0.2, 0.25) is 0 Å². The van der Waals surface area contributed by atoms with Crippen molar-refractivity contribution in [1.82, 2.24) is 4.57 Å². The monoisotopic (exact) mass is 195 g/mol. The predicted molar refractivity (Wildman–Crippen MR) is 53.0 cm³/mol. The third-order valence-corrected chi connectivity index (χ3v) is 1.98. The summed E-state index contributed by atoms with van der Waals surface area (Å²) >= 11 is 0. The van der Waals surface area contributed by atoms with Crippen molar-refractivity contribution in [2.45, 2.75) is 33.4 Å². The second-order valence-electron chi connectivity index (χ2n) is 3.55. The van der Waals surface area contributed by atoms with E-state index in [1.165, 1.54) is 0 Å². The average molecular weight is 195 g/mol. The van der Waals surface area contributed by atoms with Crippen molar-refractivity contribution >= 4 is 5.90 Å². The minimum atomic E-state index is -0.144. The summed E-state index contributed by atoms with van der Waals surface area (Å²) in [7, 11) is 1.86. The van der Waals surface area contributed by atoms with Crippen LogP contribution in [-0.4, -0.2) is 16.5 Å². The van der Waals surface area contributed by atoms with Crippen LogP contribution in [0.3, 0.4) is 0 Å². The summed E-state index contributed by atoms with van der Waals surface area (Å²) in [6.07, 6.45) is 3.76. The van der Waals surface area contributed by atoms with Gasteiger partial charge in [-0.25, -0.2) is 9.13 Å². The fourth-order valence-electron chi connectivity index (χ4n) is 1.35. The SMILES string of the molecule is CCn1cc[n+](C)c1C([O-])=NC(C)C. The lowest BCUT2D eigenvalue weighted by Gasteiger charge is -2.09. The largest absolute Gasteiger partial charge is 0.853 e. The first-order chi connectivity index (χ1) is 6.56. The Morgan fingerprint density at radius 1 is 1.64 bits per heavy atom. The maximum absolute atomic E-state index is 11.7. The summed E-state index contributed by atoms with van der Waals surface area (Å²) in [5.74, 6) is 0.496. The van der Waals surface area contributed by atoms with Gasteiger partial charge < -0.3 is 5.11 Å². The zero-order chi connectivity index (χ0) is 10.7. The normalized spacial score (nSPS) is 12.5. The lowest BCUT2D eigenvalue weighted by atomic mass is 10.4. The van der Waals surface area contributed by atoms with Crippen LogP contribution in [0.5, 0.6) is 0 Å². The topological polar surface area (TPSA) is 44.2 Å². The van der Waals surface area contributed by atoms with Gasteiger partial charge in [-0.05, 0) is 20.8 Å². The van der Waals surface area contributed by atoms with Gasteiger partial charge in [-0.2, -0.15) is 0 Å². The first-order valence-corrected chi connectivity index (χ1v) is 4.86. The van der Waals surface area contributed by atoms with Gasteiger partial charge in [0.25, 0.3) is 5.82 Å². The number of nitrogens with zero attached hydrogens (tertiary/aromatic N) is 3. The van der Waals surface area contributed by atoms with E-state index in [2.05, 4.69) is 4.99 Å². The molecular formula is C10H17N3O. The highest BCUT2D eigenvalue weighted by molar-refractivity contribution is 5.85. The van der Waals surface area contributed by atoms with Gasteiger partial charge in [0.05, 0.1) is 19.5 Å². The van der Waals surface area contributed by atoms with Crippen molar-refractivity contribution in [3.8, 4) is 0 Å². The Kier molecular flexibility index (Phi) is 3.28. The van der Waals surface area contributed by atoms with E-state index in [9.17, 15) is 5.11 Å². The van der Waals surface area contributed by atoms with Gasteiger partial charge in [-0.1, -0.05) is 0 Å². The Hall–Kier alpha value is -1.32. The van der Waals surface area contributed by atoms with E-state index in [-0.39, 0.29) is 11.9 Å². The molecule has 0 N–H and O–H groups in total. The molecule has 0 aliphatic carbocycles. The lowest BCUT2D eigenvalue weighted by molar-refractivity contribution is -0.674. The lowest BCUT2D eigenvalue weighted by Crippen LogP contribution is -2.40. The molecule has 0 saturated carbocycles. The van der Waals surface area contributed by atoms with Gasteiger partial charge in [-0.3, -0.25) is 4.99 Å². The first-order valence-electron chi connectivity index (χ1n) is 4.86. The van der Waals surface area contributed by atoms with Crippen LogP contribution in [0.1, 0.15) is 26.6 Å². The second-order valence-corrected chi connectivity index (χ2v) is 3.55. The summed E-state index contributed by atoms with van der Waals surface area (Å²) < 4.78 is 3.70. The fourth-order valence-corrected chi connectivity index (χ4v) is 1.35. The zero-order valence-corrected chi connectivity index (χ0v) is 9.19. The van der Waals surface area contributed by atoms with Gasteiger partial charge in [0.2, 0.25) is 0 Å². The maximum atomic E-state index is 11.7. The molecule has 1 aromatic rings. The summed E-state index contributed by atoms with van der Waals surface area (Å²) in [6, 6.07) is 0.0442. The van der Waals surface area contributed by atoms with E-state index in [0.29, 0.717) is 5.82 Å². The molecule has 4 nitrogen and oxygen atoms in total. The van der Waals surface area contributed by atoms with Crippen molar-refractivity contribution in [2.75, 3.05) is 0 Å². The molecule has 0 spiro atoms. The second kappa shape index (κ2) is 4.26. The molecule has 4 heteroatoms. The number of aliphatic imine (C=N–C) groups is 1. The van der Waals surface area contributed by atoms with E-state index >= 15 is 0 Å². The molecular weight excluding hydrogens is 178 g/mol. The quantitative estimate of drug-likeness (QED) is 0.376. The van der Waals surface area contributed by atoms with Gasteiger partial charge >= 0.3 is 0 Å². The Bertz CT molecular complexity index is 339. The highest BCUT2D eigenvalue weighted by atomic mass is 16.3. The molecule has 1 rings (SSSR count). The number of hydrogen-bond donors (Lipinski definition) is 0. The summed E-state index contributed by atoms with van der Waals surface area (Å²) in [5.41, 5.74) is 0. The van der Waals surface area contributed by atoms with E-state index < -0.39 is 0 Å². The van der Waals surface area contributed by atoms with Gasteiger partial charge in [0, 0.05) is 6.04 Å². The molecule has 0 aromatic carbocycles. The van der Waals surface area contributed by atoms with Gasteiger partial charge in [0.1, 0.15) is 12.4 Å². The molecule has 0 unspecified atom stereocenters. The summed E-state index contributed by atoms with van der Waals surface area (Å²) in [5, 5.41) is 11.7. The van der Waals surface area contributed by atoms with Crippen LogP contribution >= 0.6 is 0 Å². The number of aromatic nitrogens is 2. The number of imidazole rings is 1. The van der Waals surface area contributed by atoms with Crippen LogP contribution < -0.4 is 9.67 Å². The number of hydrogen-bond acceptors (Lipinski definition) is 2. The molecule has 0 saturated heterocycles. The number of aryl methyl sites for hydroxylation is 2. The minimum absolute atomic E-state index is 0.0442. The minimum Gasteiger partial charge on any atom is -0.853 e. The van der Waals surface area contributed by atoms with Gasteiger partial charge in [0.15, 0.2) is 0 Å². The van der Waals surface area contributed by atoms with Crippen LogP contribution in [0.15, 0.2) is 17.4 Å². The third-order valence-electron chi connectivity index (χ3n) is 1.98. The molecule has 0 aliphatic heterocycles. The van der Waals surface area contributed by atoms with Crippen molar-refractivity contribution in [2.24, 2.45) is 12.0 Å². The molecule has 1 heterocycles. The van der Waals surface area contributed by atoms with E-state index in [1.807, 2.05) is 44.8 Å². The summed E-state index contributed by atoms with van der Waals surface area (Å²) in [4.78, 5) is 4.01. The Morgan fingerprint density at radius 2 is 2.29 bits per heavy atom. The molecule has 0 amide bonds. The molecule has 14 heavy (non-hydrogen) atoms. The van der Waals surface area contributed by atoms with Gasteiger partial charge in [-0.15, -0.1) is 0 Å². The van der Waals surface area contributed by atoms with E-state index in [4.69, 9.17) is 0 Å². The fraction of sp³-hybridized carbons (Fsp3) is 0.600. The molecule has 0 radical (unpaired) electrons. The van der Waals surface area contributed by atoms with Crippen LogP contribution in [0.25, 0.3) is 0 Å². The molecule has 0 aliphatic rings. The zero-order valence-electron chi connectivity index (χ0n) is 9.19. The van der Waals surface area contributed by atoms with E-state index in [1.54, 1.807) is 4.57 Å². The number of rotatable bonds is 3. The standard InChI is InChI=1S/C10H17N3O/c1-5-13-7-6-12(4)10(13)9(14)11-8(2)3/h6-8H,5H2,1-4H3. The van der Waals surface area contributed by atoms with Crippen molar-refractivity contribution < 1.29 is 9.67 Å². The van der Waals surface area contributed by atoms with Crippen LogP contribution in [-0.2, 0) is 13.6 Å². The van der Waals surface area contributed by atoms with Crippen molar-refractivity contribution in [1.29, 1.82) is 0 Å². The molecule has 0 bridgehead atoms. The Balaban J connectivity index is 3.10. The highest BCUT2D eigenvalue weighted by Gasteiger charge is 2.12. The highest BCUT2D eigenvalue weighted by Crippen LogP contribution is 1.96. The molecule has 0 atom stereocenters. The third kappa shape index (κ3) is 2.13. The molecule has 78 valence electrons. The Morgan fingerprint density at radius 3 is 2.79 bits per heavy atom. The molecule has 0 fully saturated rings. The smallest absolute Gasteiger partial charge is 0.291 e. The van der Waals surface area contributed by atoms with E-state index in [0.717, 1.165) is 6.54 Å². The van der Waals surface area contributed by atoms with Crippen LogP contribution in [0.4, 0.5) is 0 Å². The predicted octanol–water partition coefficient (Wildman–Crippen LogP) is -0.152. The van der Waals surface area contributed by atoms with Crippen LogP contribution in [0, 0.1) is 0 Å². The van der Waals surface area contributed by atoms with Crippen molar-refractivity contribution in [3.05, 3.63) is 18.2 Å². The maximum Gasteiger partial charge on any atom is 0.291 e. The Labute approximate surface area is 84.5 Å². The van der Waals surface area contributed by atoms with Crippen molar-refractivity contribution in [3.63, 3.8) is 0 Å². The molecule has 1 aromatic heterocycles. The average Bonchev–Trinajstić information content (AvgIpc) is 2.45. The first kappa shape index (κ1) is 10.8.